The SMILES string of the molecule is C[C@H]1c2ccc(NC3CC(C)(C)NC(C)(C)C3)c(O)c2C(O)=C2C(=O)[C@]3(O)C(O)=C(C(N)=O)C(=O)[C@@H](N(C)C)C3[C@@H](O)C21.[2HH]. The Bertz CT molecular complexity index is 1490. The molecule has 9 N–H and O–H groups in total. The highest BCUT2D eigenvalue weighted by atomic mass is 16.4. The number of carbonyl (C=O) groups is 3. The van der Waals surface area contributed by atoms with Gasteiger partial charge in [0.25, 0.3) is 5.91 Å². The Morgan fingerprint density at radius 3 is 2.21 bits per heavy atom. The molecule has 1 saturated heterocycles. The molecule has 0 spiro atoms. The molecule has 1 aliphatic heterocycles. The molecular weight excluding hydrogens is 556 g/mol. The molecule has 1 amide bonds. The number of ketones is 2. The van der Waals surface area contributed by atoms with Crippen molar-refractivity contribution in [2.24, 2.45) is 17.6 Å². The minimum Gasteiger partial charge on any atom is -0.508 e. The van der Waals surface area contributed by atoms with E-state index in [-0.39, 0.29) is 29.9 Å². The molecule has 12 heteroatoms. The number of fused-ring (bicyclic) bond motifs is 3. The van der Waals surface area contributed by atoms with Crippen LogP contribution in [-0.4, -0.2) is 96.9 Å². The van der Waals surface area contributed by atoms with Crippen LogP contribution in [0, 0.1) is 11.8 Å². The van der Waals surface area contributed by atoms with Crippen LogP contribution >= 0.6 is 0 Å². The van der Waals surface area contributed by atoms with Gasteiger partial charge in [-0.1, -0.05) is 13.0 Å². The fraction of sp³-hybridized carbons (Fsp3) is 0.581. The van der Waals surface area contributed by atoms with Crippen LogP contribution in [0.25, 0.3) is 5.76 Å². The van der Waals surface area contributed by atoms with Crippen molar-refractivity contribution in [3.05, 3.63) is 40.2 Å². The van der Waals surface area contributed by atoms with Gasteiger partial charge in [-0.05, 0) is 72.2 Å². The van der Waals surface area contributed by atoms with Gasteiger partial charge in [0.2, 0.25) is 5.78 Å². The standard InChI is InChI=1S/C31H42N4O8.H2/c1-12-14-8-9-15(33-13-10-29(2,3)34-30(4,5)11-13)22(36)17(14)23(37)18-16(12)24(38)20-21(35(6)7)25(39)19(28(32)42)27(41)31(20,43)26(18)40;/h8-9,12-13,16,20-21,24,33-34,36-38,41,43H,10-11H2,1-7H3,(H2,32,42);1H/t12-,16?,20?,21-,24-,31-;/m0./s1/i;1+1. The second kappa shape index (κ2) is 9.78. The Balaban J connectivity index is 0.00000442. The highest BCUT2D eigenvalue weighted by Gasteiger charge is 2.68. The number of rotatable bonds is 4. The minimum atomic E-state index is -2.94. The van der Waals surface area contributed by atoms with Crippen molar-refractivity contribution in [1.82, 2.24) is 10.2 Å². The number of carbonyl (C=O) groups excluding carboxylic acids is 3. The molecule has 1 aromatic carbocycles. The van der Waals surface area contributed by atoms with Crippen molar-refractivity contribution >= 4 is 28.9 Å². The van der Waals surface area contributed by atoms with E-state index in [0.29, 0.717) is 11.3 Å². The number of phenolic OH excluding ortho intramolecular Hbond substituents is 1. The number of aliphatic hydroxyl groups is 4. The molecule has 6 atom stereocenters. The maximum absolute atomic E-state index is 14.2. The van der Waals surface area contributed by atoms with Gasteiger partial charge < -0.3 is 41.9 Å². The summed E-state index contributed by atoms with van der Waals surface area (Å²) < 4.78 is 0. The van der Waals surface area contributed by atoms with Crippen LogP contribution in [0.1, 0.15) is 65.9 Å². The fourth-order valence-corrected chi connectivity index (χ4v) is 8.38. The summed E-state index contributed by atoms with van der Waals surface area (Å²) in [7, 11) is 2.95. The summed E-state index contributed by atoms with van der Waals surface area (Å²) in [6.45, 7) is 10.1. The van der Waals surface area contributed by atoms with Gasteiger partial charge in [0.15, 0.2) is 11.4 Å². The number of amides is 1. The van der Waals surface area contributed by atoms with Crippen LogP contribution in [0.2, 0.25) is 0 Å². The largest absolute Gasteiger partial charge is 0.508 e. The molecule has 1 saturated carbocycles. The number of aromatic hydroxyl groups is 1. The van der Waals surface area contributed by atoms with Crippen LogP contribution in [0.3, 0.4) is 0 Å². The molecule has 0 aromatic heterocycles. The Morgan fingerprint density at radius 1 is 1.09 bits per heavy atom. The highest BCUT2D eigenvalue weighted by molar-refractivity contribution is 6.24. The summed E-state index contributed by atoms with van der Waals surface area (Å²) in [5.41, 5.74) is 1.47. The van der Waals surface area contributed by atoms with Gasteiger partial charge in [0.1, 0.15) is 22.8 Å². The lowest BCUT2D eigenvalue weighted by Gasteiger charge is -2.53. The third kappa shape index (κ3) is 4.45. The number of anilines is 1. The molecule has 12 nitrogen and oxygen atoms in total. The monoisotopic (exact) mass is 601 g/mol. The number of Topliss-reactive ketones (excluding diaryl/α,β-unsaturated/α-hetero) is 2. The van der Waals surface area contributed by atoms with Crippen LogP contribution in [0.15, 0.2) is 29.0 Å². The van der Waals surface area contributed by atoms with Crippen LogP contribution in [0.5, 0.6) is 5.75 Å². The molecule has 4 aliphatic rings. The normalized spacial score (nSPS) is 33.7. The number of nitrogens with two attached hydrogens (primary N) is 1. The number of piperidine rings is 1. The summed E-state index contributed by atoms with van der Waals surface area (Å²) in [5.74, 6) is -9.04. The van der Waals surface area contributed by atoms with Crippen molar-refractivity contribution in [1.29, 1.82) is 0 Å². The zero-order valence-corrected chi connectivity index (χ0v) is 25.5. The summed E-state index contributed by atoms with van der Waals surface area (Å²) in [6, 6.07) is 1.98. The first-order chi connectivity index (χ1) is 19.7. The number of benzene rings is 1. The lowest BCUT2D eigenvalue weighted by molar-refractivity contribution is -0.169. The van der Waals surface area contributed by atoms with E-state index < -0.39 is 75.6 Å². The van der Waals surface area contributed by atoms with Gasteiger partial charge in [-0.2, -0.15) is 0 Å². The maximum Gasteiger partial charge on any atom is 0.255 e. The first-order valence-corrected chi connectivity index (χ1v) is 14.5. The third-order valence-electron chi connectivity index (χ3n) is 9.68. The van der Waals surface area contributed by atoms with Crippen molar-refractivity contribution in [2.75, 3.05) is 19.4 Å². The minimum absolute atomic E-state index is 0. The first kappa shape index (κ1) is 31.0. The Morgan fingerprint density at radius 2 is 1.67 bits per heavy atom. The Hall–Kier alpha value is -3.45. The molecule has 43 heavy (non-hydrogen) atoms. The molecule has 2 fully saturated rings. The van der Waals surface area contributed by atoms with Gasteiger partial charge in [-0.15, -0.1) is 0 Å². The molecule has 1 aromatic rings. The number of hydrogen-bond acceptors (Lipinski definition) is 11. The second-order valence-corrected chi connectivity index (χ2v) is 14.1. The van der Waals surface area contributed by atoms with E-state index >= 15 is 0 Å². The summed E-state index contributed by atoms with van der Waals surface area (Å²) in [6.07, 6.45) is -0.135. The molecular formula is C31H44N4O8. The van der Waals surface area contributed by atoms with Gasteiger partial charge in [0, 0.05) is 30.0 Å². The lowest BCUT2D eigenvalue weighted by Crippen LogP contribution is -2.70. The lowest BCUT2D eigenvalue weighted by atomic mass is 9.54. The number of aliphatic hydroxyl groups excluding tert-OH is 3. The van der Waals surface area contributed by atoms with Gasteiger partial charge >= 0.3 is 0 Å². The molecule has 2 unspecified atom stereocenters. The predicted molar refractivity (Wildman–Crippen MR) is 160 cm³/mol. The smallest absolute Gasteiger partial charge is 0.255 e. The molecule has 236 valence electrons. The number of likely N-dealkylation sites (N-methyl/N-ethyl adjacent to an activating group) is 1. The van der Waals surface area contributed by atoms with E-state index in [0.717, 1.165) is 12.8 Å². The summed E-state index contributed by atoms with van der Waals surface area (Å²) in [4.78, 5) is 41.0. The summed E-state index contributed by atoms with van der Waals surface area (Å²) in [5, 5.41) is 64.7. The van der Waals surface area contributed by atoms with E-state index in [1.165, 1.54) is 19.0 Å². The second-order valence-electron chi connectivity index (χ2n) is 14.1. The zero-order chi connectivity index (χ0) is 32.1. The van der Waals surface area contributed by atoms with Gasteiger partial charge in [0.05, 0.1) is 29.3 Å². The number of nitrogens with zero attached hydrogens (tertiary/aromatic N) is 1. The van der Waals surface area contributed by atoms with Gasteiger partial charge in [-0.3, -0.25) is 19.3 Å². The zero-order valence-electron chi connectivity index (χ0n) is 25.5. The highest BCUT2D eigenvalue weighted by Crippen LogP contribution is 2.56. The maximum atomic E-state index is 14.2. The third-order valence-corrected chi connectivity index (χ3v) is 9.68. The van der Waals surface area contributed by atoms with E-state index in [1.807, 2.05) is 0 Å². The molecule has 0 bridgehead atoms. The first-order valence-electron chi connectivity index (χ1n) is 14.5. The van der Waals surface area contributed by atoms with E-state index in [2.05, 4.69) is 38.3 Å². The number of hydrogen-bond donors (Lipinski definition) is 8. The molecule has 5 rings (SSSR count). The van der Waals surface area contributed by atoms with Crippen molar-refractivity contribution in [3.63, 3.8) is 0 Å². The number of primary amides is 1. The summed E-state index contributed by atoms with van der Waals surface area (Å²) >= 11 is 0. The topological polar surface area (TPSA) is 206 Å². The molecule has 3 aliphatic carbocycles. The molecule has 1 heterocycles. The average Bonchev–Trinajstić information content (AvgIpc) is 2.85. The van der Waals surface area contributed by atoms with Gasteiger partial charge in [-0.25, -0.2) is 0 Å². The van der Waals surface area contributed by atoms with E-state index in [1.54, 1.807) is 19.1 Å². The van der Waals surface area contributed by atoms with Crippen molar-refractivity contribution in [3.8, 4) is 5.75 Å². The van der Waals surface area contributed by atoms with E-state index in [4.69, 9.17) is 5.73 Å². The quantitative estimate of drug-likeness (QED) is 0.183. The van der Waals surface area contributed by atoms with Crippen molar-refractivity contribution in [2.45, 2.75) is 88.2 Å². The Kier molecular flexibility index (Phi) is 7.05. The van der Waals surface area contributed by atoms with Crippen LogP contribution < -0.4 is 16.4 Å². The Labute approximate surface area is 251 Å². The average molecular weight is 602 g/mol. The number of nitrogens with one attached hydrogen (secondary N) is 2. The molecule has 0 radical (unpaired) electrons. The number of phenols is 1. The van der Waals surface area contributed by atoms with Crippen LogP contribution in [0.4, 0.5) is 5.69 Å². The predicted octanol–water partition coefficient (Wildman–Crippen LogP) is 1.46. The van der Waals surface area contributed by atoms with E-state index in [9.17, 15) is 39.9 Å². The fourth-order valence-electron chi connectivity index (χ4n) is 8.38. The van der Waals surface area contributed by atoms with Crippen molar-refractivity contribution < 1.29 is 41.3 Å². The van der Waals surface area contributed by atoms with Crippen LogP contribution in [-0.2, 0) is 14.4 Å².